The van der Waals surface area contributed by atoms with Gasteiger partial charge in [-0.05, 0) is 47.5 Å². The second kappa shape index (κ2) is 5.85. The topological polar surface area (TPSA) is 56.1 Å². The molecule has 0 aliphatic heterocycles. The number of hydrogen-bond donors (Lipinski definition) is 1. The predicted octanol–water partition coefficient (Wildman–Crippen LogP) is 2.40. The van der Waals surface area contributed by atoms with Crippen LogP contribution in [0.3, 0.4) is 0 Å². The van der Waals surface area contributed by atoms with E-state index in [4.69, 9.17) is 4.74 Å². The predicted molar refractivity (Wildman–Crippen MR) is 81.0 cm³/mol. The molecule has 2 aliphatic rings. The standard InChI is InChI=1S/C14H20BrN3O2/c1-20-11-5-10(6-11)17-13-12(15)7-16-18(14(13)19)8-9-3-2-4-9/h7,9-11,17H,2-6,8H2,1H3. The Morgan fingerprint density at radius 3 is 2.85 bits per heavy atom. The van der Waals surface area contributed by atoms with Crippen LogP contribution in [0.1, 0.15) is 32.1 Å². The first kappa shape index (κ1) is 14.1. The number of nitrogens with one attached hydrogen (secondary N) is 1. The molecule has 1 N–H and O–H groups in total. The fraction of sp³-hybridized carbons (Fsp3) is 0.714. The van der Waals surface area contributed by atoms with Gasteiger partial charge in [-0.15, -0.1) is 0 Å². The Hall–Kier alpha value is -0.880. The van der Waals surface area contributed by atoms with Gasteiger partial charge in [0.25, 0.3) is 5.56 Å². The molecule has 6 heteroatoms. The van der Waals surface area contributed by atoms with Crippen molar-refractivity contribution in [2.24, 2.45) is 5.92 Å². The Balaban J connectivity index is 1.72. The minimum Gasteiger partial charge on any atom is -0.381 e. The molecule has 20 heavy (non-hydrogen) atoms. The first-order valence-corrected chi connectivity index (χ1v) is 8.01. The maximum atomic E-state index is 12.5. The van der Waals surface area contributed by atoms with E-state index in [0.29, 0.717) is 23.8 Å². The first-order chi connectivity index (χ1) is 9.67. The van der Waals surface area contributed by atoms with Crippen molar-refractivity contribution in [3.05, 3.63) is 21.0 Å². The Morgan fingerprint density at radius 2 is 2.25 bits per heavy atom. The molecule has 1 aromatic heterocycles. The van der Waals surface area contributed by atoms with E-state index in [1.807, 2.05) is 0 Å². The highest BCUT2D eigenvalue weighted by molar-refractivity contribution is 9.10. The summed E-state index contributed by atoms with van der Waals surface area (Å²) in [5, 5.41) is 7.56. The zero-order valence-electron chi connectivity index (χ0n) is 11.6. The summed E-state index contributed by atoms with van der Waals surface area (Å²) < 4.78 is 7.61. The van der Waals surface area contributed by atoms with E-state index in [-0.39, 0.29) is 5.56 Å². The van der Waals surface area contributed by atoms with Gasteiger partial charge in [-0.1, -0.05) is 6.42 Å². The number of hydrogen-bond acceptors (Lipinski definition) is 4. The molecule has 0 aromatic carbocycles. The zero-order chi connectivity index (χ0) is 14.1. The first-order valence-electron chi connectivity index (χ1n) is 7.22. The second-order valence-electron chi connectivity index (χ2n) is 5.82. The summed E-state index contributed by atoms with van der Waals surface area (Å²) in [4.78, 5) is 12.5. The van der Waals surface area contributed by atoms with E-state index in [0.717, 1.165) is 23.9 Å². The molecule has 0 unspecified atom stereocenters. The number of rotatable bonds is 5. The molecule has 1 heterocycles. The molecule has 3 rings (SSSR count). The van der Waals surface area contributed by atoms with E-state index in [1.54, 1.807) is 18.0 Å². The van der Waals surface area contributed by atoms with Crippen molar-refractivity contribution in [1.29, 1.82) is 0 Å². The molecule has 5 nitrogen and oxygen atoms in total. The molecule has 0 spiro atoms. The van der Waals surface area contributed by atoms with Gasteiger partial charge in [-0.2, -0.15) is 5.10 Å². The van der Waals surface area contributed by atoms with Crippen molar-refractivity contribution in [2.75, 3.05) is 12.4 Å². The fourth-order valence-corrected chi connectivity index (χ4v) is 3.10. The molecule has 2 fully saturated rings. The van der Waals surface area contributed by atoms with Crippen molar-refractivity contribution in [1.82, 2.24) is 9.78 Å². The Kier molecular flexibility index (Phi) is 4.12. The molecule has 2 aliphatic carbocycles. The van der Waals surface area contributed by atoms with E-state index in [1.165, 1.54) is 19.3 Å². The minimum atomic E-state index is -0.0212. The number of nitrogens with zero attached hydrogens (tertiary/aromatic N) is 2. The van der Waals surface area contributed by atoms with Crippen LogP contribution in [0.25, 0.3) is 0 Å². The van der Waals surface area contributed by atoms with Crippen LogP contribution in [0.4, 0.5) is 5.69 Å². The highest BCUT2D eigenvalue weighted by atomic mass is 79.9. The van der Waals surface area contributed by atoms with Gasteiger partial charge in [-0.3, -0.25) is 4.79 Å². The summed E-state index contributed by atoms with van der Waals surface area (Å²) in [6, 6.07) is 0.323. The van der Waals surface area contributed by atoms with Gasteiger partial charge in [0.15, 0.2) is 0 Å². The number of aromatic nitrogens is 2. The monoisotopic (exact) mass is 341 g/mol. The van der Waals surface area contributed by atoms with Crippen molar-refractivity contribution in [3.63, 3.8) is 0 Å². The smallest absolute Gasteiger partial charge is 0.291 e. The third-order valence-corrected chi connectivity index (χ3v) is 5.03. The highest BCUT2D eigenvalue weighted by Gasteiger charge is 2.30. The van der Waals surface area contributed by atoms with Crippen molar-refractivity contribution >= 4 is 21.6 Å². The molecular weight excluding hydrogens is 322 g/mol. The summed E-state index contributed by atoms with van der Waals surface area (Å²) >= 11 is 3.42. The van der Waals surface area contributed by atoms with Crippen LogP contribution in [0.2, 0.25) is 0 Å². The Morgan fingerprint density at radius 1 is 1.50 bits per heavy atom. The lowest BCUT2D eigenvalue weighted by Gasteiger charge is -2.35. The molecule has 0 atom stereocenters. The van der Waals surface area contributed by atoms with Crippen LogP contribution in [0.15, 0.2) is 15.5 Å². The van der Waals surface area contributed by atoms with Crippen LogP contribution in [-0.4, -0.2) is 29.0 Å². The third-order valence-electron chi connectivity index (χ3n) is 4.43. The van der Waals surface area contributed by atoms with Gasteiger partial charge in [0.2, 0.25) is 0 Å². The number of ether oxygens (including phenoxy) is 1. The van der Waals surface area contributed by atoms with Crippen molar-refractivity contribution < 1.29 is 4.74 Å². The van der Waals surface area contributed by atoms with E-state index < -0.39 is 0 Å². The minimum absolute atomic E-state index is 0.0212. The molecule has 0 radical (unpaired) electrons. The second-order valence-corrected chi connectivity index (χ2v) is 6.68. The molecular formula is C14H20BrN3O2. The summed E-state index contributed by atoms with van der Waals surface area (Å²) in [5.74, 6) is 0.621. The van der Waals surface area contributed by atoms with Crippen molar-refractivity contribution in [2.45, 2.75) is 50.8 Å². The zero-order valence-corrected chi connectivity index (χ0v) is 13.2. The average molecular weight is 342 g/mol. The Bertz CT molecular complexity index is 536. The SMILES string of the molecule is COC1CC(Nc2c(Br)cnn(CC3CCC3)c2=O)C1. The van der Waals surface area contributed by atoms with Gasteiger partial charge < -0.3 is 10.1 Å². The summed E-state index contributed by atoms with van der Waals surface area (Å²) in [7, 11) is 1.73. The molecule has 110 valence electrons. The van der Waals surface area contributed by atoms with Crippen LogP contribution >= 0.6 is 15.9 Å². The van der Waals surface area contributed by atoms with Crippen LogP contribution in [-0.2, 0) is 11.3 Å². The van der Waals surface area contributed by atoms with Crippen LogP contribution < -0.4 is 10.9 Å². The van der Waals surface area contributed by atoms with Crippen molar-refractivity contribution in [3.8, 4) is 0 Å². The maximum Gasteiger partial charge on any atom is 0.291 e. The fourth-order valence-electron chi connectivity index (χ4n) is 2.73. The largest absolute Gasteiger partial charge is 0.381 e. The lowest BCUT2D eigenvalue weighted by atomic mass is 9.85. The van der Waals surface area contributed by atoms with Gasteiger partial charge in [0.1, 0.15) is 5.69 Å². The molecule has 1 aromatic rings. The summed E-state index contributed by atoms with van der Waals surface area (Å²) in [6.45, 7) is 0.742. The number of halogens is 1. The van der Waals surface area contributed by atoms with Gasteiger partial charge in [0.05, 0.1) is 16.8 Å². The quantitative estimate of drug-likeness (QED) is 0.893. The van der Waals surface area contributed by atoms with E-state index >= 15 is 0 Å². The third kappa shape index (κ3) is 2.76. The molecule has 0 saturated heterocycles. The van der Waals surface area contributed by atoms with E-state index in [2.05, 4.69) is 26.3 Å². The molecule has 2 saturated carbocycles. The normalized spacial score (nSPS) is 25.9. The van der Waals surface area contributed by atoms with Crippen LogP contribution in [0.5, 0.6) is 0 Å². The number of anilines is 1. The molecule has 0 bridgehead atoms. The lowest BCUT2D eigenvalue weighted by Crippen LogP contribution is -2.42. The number of methoxy groups -OCH3 is 1. The highest BCUT2D eigenvalue weighted by Crippen LogP contribution is 2.29. The average Bonchev–Trinajstić information content (AvgIpc) is 2.33. The summed E-state index contributed by atoms with van der Waals surface area (Å²) in [6.07, 6.45) is 7.65. The van der Waals surface area contributed by atoms with Crippen LogP contribution in [0, 0.1) is 5.92 Å². The Labute approximate surface area is 126 Å². The van der Waals surface area contributed by atoms with Gasteiger partial charge in [0, 0.05) is 19.7 Å². The summed E-state index contributed by atoms with van der Waals surface area (Å²) in [5.41, 5.74) is 0.617. The lowest BCUT2D eigenvalue weighted by molar-refractivity contribution is 0.0328. The maximum absolute atomic E-state index is 12.5. The molecule has 0 amide bonds. The van der Waals surface area contributed by atoms with E-state index in [9.17, 15) is 4.79 Å². The van der Waals surface area contributed by atoms with Gasteiger partial charge >= 0.3 is 0 Å². The van der Waals surface area contributed by atoms with Gasteiger partial charge in [-0.25, -0.2) is 4.68 Å².